The third kappa shape index (κ3) is 5.45. The van der Waals surface area contributed by atoms with Gasteiger partial charge in [0.15, 0.2) is 0 Å². The van der Waals surface area contributed by atoms with Crippen molar-refractivity contribution in [1.82, 2.24) is 10.3 Å². The number of hydrogen-bond donors (Lipinski definition) is 2. The zero-order chi connectivity index (χ0) is 24.5. The van der Waals surface area contributed by atoms with E-state index in [4.69, 9.17) is 11.6 Å². The number of hydrogen-bond acceptors (Lipinski definition) is 4. The number of rotatable bonds is 4. The second kappa shape index (κ2) is 9.80. The highest BCUT2D eigenvalue weighted by atomic mass is 79.9. The highest BCUT2D eigenvalue weighted by molar-refractivity contribution is 9.10. The van der Waals surface area contributed by atoms with Crippen LogP contribution in [-0.2, 0) is 6.18 Å². The van der Waals surface area contributed by atoms with Crippen LogP contribution < -0.4 is 10.6 Å². The smallest absolute Gasteiger partial charge is 0.382 e. The predicted molar refractivity (Wildman–Crippen MR) is 128 cm³/mol. The molecule has 2 N–H and O–H groups in total. The van der Waals surface area contributed by atoms with Gasteiger partial charge in [0.2, 0.25) is 0 Å². The number of anilines is 1. The molecule has 0 radical (unpaired) electrons. The van der Waals surface area contributed by atoms with Gasteiger partial charge in [-0.05, 0) is 68.1 Å². The molecule has 1 aromatic heterocycles. The van der Waals surface area contributed by atoms with Gasteiger partial charge in [-0.25, -0.2) is 4.98 Å². The molecule has 4 rings (SSSR count). The lowest BCUT2D eigenvalue weighted by Crippen LogP contribution is -2.42. The number of amides is 1. The monoisotopic (exact) mass is 550 g/mol. The first kappa shape index (κ1) is 24.3. The van der Waals surface area contributed by atoms with Crippen molar-refractivity contribution in [3.63, 3.8) is 0 Å². The van der Waals surface area contributed by atoms with E-state index in [2.05, 4.69) is 31.5 Å². The van der Waals surface area contributed by atoms with Gasteiger partial charge in [-0.15, -0.1) is 0 Å². The molecule has 0 aliphatic heterocycles. The van der Waals surface area contributed by atoms with Gasteiger partial charge in [0, 0.05) is 32.7 Å². The number of nitrogens with zero attached hydrogens (tertiary/aromatic N) is 2. The second-order valence-electron chi connectivity index (χ2n) is 8.19. The highest BCUT2D eigenvalue weighted by Crippen LogP contribution is 2.35. The van der Waals surface area contributed by atoms with Gasteiger partial charge in [0.05, 0.1) is 22.7 Å². The van der Waals surface area contributed by atoms with Crippen LogP contribution >= 0.6 is 27.5 Å². The van der Waals surface area contributed by atoms with E-state index in [9.17, 15) is 23.2 Å². The van der Waals surface area contributed by atoms with E-state index in [1.54, 1.807) is 24.3 Å². The molecule has 176 valence electrons. The maximum atomic E-state index is 13.4. The van der Waals surface area contributed by atoms with Crippen LogP contribution in [0.5, 0.6) is 0 Å². The first-order valence-electron chi connectivity index (χ1n) is 10.6. The molecule has 1 heterocycles. The van der Waals surface area contributed by atoms with Gasteiger partial charge in [-0.2, -0.15) is 18.4 Å². The fourth-order valence-electron chi connectivity index (χ4n) is 4.20. The van der Waals surface area contributed by atoms with Gasteiger partial charge in [0.25, 0.3) is 5.91 Å². The van der Waals surface area contributed by atoms with Crippen LogP contribution in [-0.4, -0.2) is 23.0 Å². The SMILES string of the molecule is N#Cc1cc(Br)ccc1C(=O)N[C@@H]1CCC[C@H](Nc2cc(C(F)(F)F)nc3ccc(Cl)cc23)C1. The first-order valence-corrected chi connectivity index (χ1v) is 11.8. The van der Waals surface area contributed by atoms with Crippen LogP contribution in [0.4, 0.5) is 18.9 Å². The Kier molecular flexibility index (Phi) is 7.01. The maximum absolute atomic E-state index is 13.4. The number of carbonyl (C=O) groups is 1. The summed E-state index contributed by atoms with van der Waals surface area (Å²) in [5.41, 5.74) is 0.0606. The lowest BCUT2D eigenvalue weighted by molar-refractivity contribution is -0.140. The zero-order valence-electron chi connectivity index (χ0n) is 17.7. The molecule has 3 aromatic rings. The van der Waals surface area contributed by atoms with Gasteiger partial charge in [0.1, 0.15) is 5.69 Å². The minimum absolute atomic E-state index is 0.162. The Balaban J connectivity index is 1.54. The summed E-state index contributed by atoms with van der Waals surface area (Å²) in [6, 6.07) is 12.1. The topological polar surface area (TPSA) is 77.8 Å². The Morgan fingerprint density at radius 1 is 1.15 bits per heavy atom. The number of halogens is 5. The molecule has 0 saturated heterocycles. The molecule has 10 heteroatoms. The normalized spacial score (nSPS) is 18.4. The van der Waals surface area contributed by atoms with Crippen molar-refractivity contribution in [1.29, 1.82) is 5.26 Å². The number of alkyl halides is 3. The van der Waals surface area contributed by atoms with Crippen LogP contribution in [0.1, 0.15) is 47.3 Å². The van der Waals surface area contributed by atoms with Gasteiger partial charge in [-0.3, -0.25) is 4.79 Å². The Morgan fingerprint density at radius 2 is 1.91 bits per heavy atom. The predicted octanol–water partition coefficient (Wildman–Crippen LogP) is 6.69. The van der Waals surface area contributed by atoms with Gasteiger partial charge < -0.3 is 10.6 Å². The Morgan fingerprint density at radius 3 is 2.65 bits per heavy atom. The number of nitrogens with one attached hydrogen (secondary N) is 2. The molecule has 1 aliphatic rings. The number of fused-ring (bicyclic) bond motifs is 1. The zero-order valence-corrected chi connectivity index (χ0v) is 20.1. The quantitative estimate of drug-likeness (QED) is 0.379. The van der Waals surface area contributed by atoms with Crippen molar-refractivity contribution < 1.29 is 18.0 Å². The summed E-state index contributed by atoms with van der Waals surface area (Å²) in [5.74, 6) is -0.352. The van der Waals surface area contributed by atoms with Crippen molar-refractivity contribution in [2.75, 3.05) is 5.32 Å². The molecular weight excluding hydrogens is 533 g/mol. The van der Waals surface area contributed by atoms with Gasteiger partial charge >= 0.3 is 6.18 Å². The minimum atomic E-state index is -4.59. The summed E-state index contributed by atoms with van der Waals surface area (Å²) in [6.45, 7) is 0. The van der Waals surface area contributed by atoms with Crippen LogP contribution in [0, 0.1) is 11.3 Å². The third-order valence-corrected chi connectivity index (χ3v) is 6.51. The Hall–Kier alpha value is -2.83. The summed E-state index contributed by atoms with van der Waals surface area (Å²) in [4.78, 5) is 16.5. The highest BCUT2D eigenvalue weighted by Gasteiger charge is 2.34. The summed E-state index contributed by atoms with van der Waals surface area (Å²) < 4.78 is 41.0. The Bertz CT molecular complexity index is 1290. The summed E-state index contributed by atoms with van der Waals surface area (Å²) in [5, 5.41) is 16.4. The van der Waals surface area contributed by atoms with E-state index < -0.39 is 11.9 Å². The number of benzene rings is 2. The standard InChI is InChI=1S/C24H19BrClF3N4O/c25-14-4-6-18(13(8-14)12-30)23(34)32-17-3-1-2-16(10-17)31-21-11-22(24(27,28)29)33-20-7-5-15(26)9-19(20)21/h4-9,11,16-17H,1-3,10H2,(H,31,33)(H,32,34)/t16-,17+/m0/s1. The van der Waals surface area contributed by atoms with Crippen LogP contribution in [0.3, 0.4) is 0 Å². The Labute approximate surface area is 207 Å². The van der Waals surface area contributed by atoms with Crippen LogP contribution in [0.2, 0.25) is 5.02 Å². The van der Waals surface area contributed by atoms with Gasteiger partial charge in [-0.1, -0.05) is 27.5 Å². The molecule has 1 aliphatic carbocycles. The minimum Gasteiger partial charge on any atom is -0.382 e. The van der Waals surface area contributed by atoms with Crippen molar-refractivity contribution in [2.45, 2.75) is 43.9 Å². The first-order chi connectivity index (χ1) is 16.1. The fourth-order valence-corrected chi connectivity index (χ4v) is 4.74. The third-order valence-electron chi connectivity index (χ3n) is 5.78. The molecule has 2 aromatic carbocycles. The number of aromatic nitrogens is 1. The number of carbonyl (C=O) groups excluding carboxylic acids is 1. The van der Waals surface area contributed by atoms with Crippen molar-refractivity contribution in [2.24, 2.45) is 0 Å². The van der Waals surface area contributed by atoms with E-state index in [0.717, 1.165) is 25.3 Å². The van der Waals surface area contributed by atoms with Crippen LogP contribution in [0.15, 0.2) is 46.9 Å². The molecule has 1 fully saturated rings. The summed E-state index contributed by atoms with van der Waals surface area (Å²) >= 11 is 9.37. The maximum Gasteiger partial charge on any atom is 0.433 e. The van der Waals surface area contributed by atoms with E-state index in [-0.39, 0.29) is 34.6 Å². The van der Waals surface area contributed by atoms with E-state index in [0.29, 0.717) is 27.0 Å². The van der Waals surface area contributed by atoms with Crippen molar-refractivity contribution in [3.8, 4) is 6.07 Å². The average Bonchev–Trinajstić information content (AvgIpc) is 2.78. The lowest BCUT2D eigenvalue weighted by atomic mass is 9.90. The largest absolute Gasteiger partial charge is 0.433 e. The molecule has 0 bridgehead atoms. The fraction of sp³-hybridized carbons (Fsp3) is 0.292. The molecule has 34 heavy (non-hydrogen) atoms. The second-order valence-corrected chi connectivity index (χ2v) is 9.55. The lowest BCUT2D eigenvalue weighted by Gasteiger charge is -2.31. The van der Waals surface area contributed by atoms with Crippen molar-refractivity contribution in [3.05, 3.63) is 68.8 Å². The van der Waals surface area contributed by atoms with Crippen molar-refractivity contribution >= 4 is 50.0 Å². The summed E-state index contributed by atoms with van der Waals surface area (Å²) in [7, 11) is 0. The van der Waals surface area contributed by atoms with E-state index in [1.807, 2.05) is 6.07 Å². The van der Waals surface area contributed by atoms with E-state index in [1.165, 1.54) is 12.1 Å². The molecule has 0 unspecified atom stereocenters. The van der Waals surface area contributed by atoms with Crippen LogP contribution in [0.25, 0.3) is 10.9 Å². The summed E-state index contributed by atoms with van der Waals surface area (Å²) in [6.07, 6.45) is -1.81. The number of pyridine rings is 1. The van der Waals surface area contributed by atoms with E-state index >= 15 is 0 Å². The molecular formula is C24H19BrClF3N4O. The molecule has 0 spiro atoms. The average molecular weight is 552 g/mol. The molecule has 1 amide bonds. The molecule has 1 saturated carbocycles. The number of nitriles is 1. The molecule has 5 nitrogen and oxygen atoms in total. The molecule has 2 atom stereocenters.